The molecular weight excluding hydrogens is 210 g/mol. The van der Waals surface area contributed by atoms with Gasteiger partial charge in [-0.1, -0.05) is 19.9 Å². The van der Waals surface area contributed by atoms with E-state index in [1.807, 2.05) is 12.1 Å². The van der Waals surface area contributed by atoms with Crippen molar-refractivity contribution in [3.8, 4) is 0 Å². The van der Waals surface area contributed by atoms with Crippen molar-refractivity contribution in [1.29, 1.82) is 5.41 Å². The molecule has 1 heterocycles. The zero-order valence-corrected chi connectivity index (χ0v) is 10.8. The van der Waals surface area contributed by atoms with Gasteiger partial charge in [0.25, 0.3) is 0 Å². The molecule has 1 aliphatic heterocycles. The van der Waals surface area contributed by atoms with Crippen molar-refractivity contribution >= 4 is 11.5 Å². The average molecular weight is 231 g/mol. The number of nitrogens with zero attached hydrogens (tertiary/aromatic N) is 1. The van der Waals surface area contributed by atoms with E-state index < -0.39 is 0 Å². The maximum absolute atomic E-state index is 7.66. The summed E-state index contributed by atoms with van der Waals surface area (Å²) in [5.74, 6) is 1.57. The fourth-order valence-electron chi connectivity index (χ4n) is 2.46. The summed E-state index contributed by atoms with van der Waals surface area (Å²) in [5, 5.41) is 7.66. The number of aryl methyl sites for hydroxylation is 1. The van der Waals surface area contributed by atoms with Gasteiger partial charge in [-0.3, -0.25) is 5.41 Å². The molecule has 0 amide bonds. The molecule has 0 aromatic heterocycles. The van der Waals surface area contributed by atoms with Gasteiger partial charge in [-0.15, -0.1) is 0 Å². The lowest BCUT2D eigenvalue weighted by Gasteiger charge is -2.22. The van der Waals surface area contributed by atoms with Crippen molar-refractivity contribution in [3.63, 3.8) is 0 Å². The highest BCUT2D eigenvalue weighted by Crippen LogP contribution is 2.30. The third kappa shape index (κ3) is 2.28. The molecule has 0 radical (unpaired) electrons. The second-order valence-electron chi connectivity index (χ2n) is 5.29. The average Bonchev–Trinajstić information content (AvgIpc) is 2.58. The molecule has 2 rings (SSSR count). The number of hydrogen-bond donors (Lipinski definition) is 2. The Morgan fingerprint density at radius 3 is 2.41 bits per heavy atom. The zero-order valence-electron chi connectivity index (χ0n) is 10.8. The van der Waals surface area contributed by atoms with Crippen LogP contribution in [0.25, 0.3) is 0 Å². The van der Waals surface area contributed by atoms with Crippen LogP contribution in [0.2, 0.25) is 0 Å². The van der Waals surface area contributed by atoms with Crippen LogP contribution in [0.15, 0.2) is 18.2 Å². The highest BCUT2D eigenvalue weighted by atomic mass is 15.2. The Kier molecular flexibility index (Phi) is 3.09. The molecule has 0 spiro atoms. The first-order valence-corrected chi connectivity index (χ1v) is 6.19. The third-order valence-electron chi connectivity index (χ3n) is 3.77. The largest absolute Gasteiger partial charge is 0.384 e. The first-order chi connectivity index (χ1) is 7.99. The molecule has 1 saturated heterocycles. The molecule has 3 heteroatoms. The molecule has 92 valence electrons. The smallest absolute Gasteiger partial charge is 0.124 e. The molecule has 0 aliphatic carbocycles. The standard InChI is InChI=1S/C14H21N3/c1-9-4-5-12(14(15)16)13(6-9)17-7-10(2)11(3)8-17/h4-6,10-11H,7-8H2,1-3H3,(H3,15,16). The lowest BCUT2D eigenvalue weighted by molar-refractivity contribution is 0.494. The number of amidine groups is 1. The molecule has 2 unspecified atom stereocenters. The van der Waals surface area contributed by atoms with Gasteiger partial charge in [0.05, 0.1) is 0 Å². The molecule has 1 aromatic rings. The number of anilines is 1. The summed E-state index contributed by atoms with van der Waals surface area (Å²) in [6, 6.07) is 6.12. The van der Waals surface area contributed by atoms with Crippen molar-refractivity contribution in [3.05, 3.63) is 29.3 Å². The van der Waals surface area contributed by atoms with Gasteiger partial charge in [0.15, 0.2) is 0 Å². The summed E-state index contributed by atoms with van der Waals surface area (Å²) in [6.45, 7) is 8.77. The van der Waals surface area contributed by atoms with Crippen LogP contribution < -0.4 is 10.6 Å². The molecule has 1 fully saturated rings. The van der Waals surface area contributed by atoms with Gasteiger partial charge in [-0.05, 0) is 36.5 Å². The Hall–Kier alpha value is -1.51. The molecule has 0 saturated carbocycles. The summed E-state index contributed by atoms with van der Waals surface area (Å²) in [4.78, 5) is 2.36. The zero-order chi connectivity index (χ0) is 12.6. The van der Waals surface area contributed by atoms with Gasteiger partial charge >= 0.3 is 0 Å². The van der Waals surface area contributed by atoms with Gasteiger partial charge in [-0.2, -0.15) is 0 Å². The first-order valence-electron chi connectivity index (χ1n) is 6.19. The number of nitrogens with one attached hydrogen (secondary N) is 1. The molecular formula is C14H21N3. The molecule has 3 N–H and O–H groups in total. The summed E-state index contributed by atoms with van der Waals surface area (Å²) >= 11 is 0. The van der Waals surface area contributed by atoms with E-state index in [4.69, 9.17) is 11.1 Å². The second kappa shape index (κ2) is 4.40. The summed E-state index contributed by atoms with van der Waals surface area (Å²) in [5.41, 5.74) is 8.86. The van der Waals surface area contributed by atoms with Crippen molar-refractivity contribution in [2.45, 2.75) is 20.8 Å². The van der Waals surface area contributed by atoms with Crippen LogP contribution in [0.5, 0.6) is 0 Å². The Bertz CT molecular complexity index is 429. The lowest BCUT2D eigenvalue weighted by atomic mass is 10.0. The molecule has 17 heavy (non-hydrogen) atoms. The van der Waals surface area contributed by atoms with E-state index >= 15 is 0 Å². The molecule has 2 atom stereocenters. The number of hydrogen-bond acceptors (Lipinski definition) is 2. The van der Waals surface area contributed by atoms with E-state index in [0.717, 1.165) is 24.3 Å². The van der Waals surface area contributed by atoms with Crippen LogP contribution in [-0.2, 0) is 0 Å². The van der Waals surface area contributed by atoms with Crippen molar-refractivity contribution in [2.24, 2.45) is 17.6 Å². The predicted molar refractivity (Wildman–Crippen MR) is 72.7 cm³/mol. The van der Waals surface area contributed by atoms with E-state index in [2.05, 4.69) is 31.7 Å². The van der Waals surface area contributed by atoms with Crippen LogP contribution in [-0.4, -0.2) is 18.9 Å². The summed E-state index contributed by atoms with van der Waals surface area (Å²) < 4.78 is 0. The molecule has 0 bridgehead atoms. The van der Waals surface area contributed by atoms with Crippen LogP contribution in [0.4, 0.5) is 5.69 Å². The highest BCUT2D eigenvalue weighted by Gasteiger charge is 2.27. The van der Waals surface area contributed by atoms with E-state index in [-0.39, 0.29) is 5.84 Å². The maximum atomic E-state index is 7.66. The Morgan fingerprint density at radius 2 is 1.88 bits per heavy atom. The van der Waals surface area contributed by atoms with Gasteiger partial charge in [-0.25, -0.2) is 0 Å². The van der Waals surface area contributed by atoms with Gasteiger partial charge in [0.2, 0.25) is 0 Å². The van der Waals surface area contributed by atoms with Crippen molar-refractivity contribution in [2.75, 3.05) is 18.0 Å². The first kappa shape index (κ1) is 12.0. The van der Waals surface area contributed by atoms with Crippen LogP contribution in [0, 0.1) is 24.2 Å². The fourth-order valence-corrected chi connectivity index (χ4v) is 2.46. The number of nitrogen functional groups attached to an aromatic ring is 1. The van der Waals surface area contributed by atoms with Gasteiger partial charge in [0, 0.05) is 24.3 Å². The second-order valence-corrected chi connectivity index (χ2v) is 5.29. The minimum absolute atomic E-state index is 0.159. The highest BCUT2D eigenvalue weighted by molar-refractivity contribution is 6.00. The van der Waals surface area contributed by atoms with E-state index in [0.29, 0.717) is 11.8 Å². The minimum atomic E-state index is 0.159. The Morgan fingerprint density at radius 1 is 1.29 bits per heavy atom. The topological polar surface area (TPSA) is 53.1 Å². The predicted octanol–water partition coefficient (Wildman–Crippen LogP) is 2.37. The Labute approximate surface area is 103 Å². The number of rotatable bonds is 2. The van der Waals surface area contributed by atoms with E-state index in [1.54, 1.807) is 0 Å². The molecule has 1 aromatic carbocycles. The molecule has 3 nitrogen and oxygen atoms in total. The minimum Gasteiger partial charge on any atom is -0.384 e. The van der Waals surface area contributed by atoms with Crippen molar-refractivity contribution < 1.29 is 0 Å². The summed E-state index contributed by atoms with van der Waals surface area (Å²) in [7, 11) is 0. The van der Waals surface area contributed by atoms with Crippen LogP contribution in [0.3, 0.4) is 0 Å². The normalized spacial score (nSPS) is 24.1. The number of nitrogens with two attached hydrogens (primary N) is 1. The fraction of sp³-hybridized carbons (Fsp3) is 0.500. The van der Waals surface area contributed by atoms with Crippen molar-refractivity contribution in [1.82, 2.24) is 0 Å². The van der Waals surface area contributed by atoms with Gasteiger partial charge in [0.1, 0.15) is 5.84 Å². The van der Waals surface area contributed by atoms with E-state index in [9.17, 15) is 0 Å². The monoisotopic (exact) mass is 231 g/mol. The maximum Gasteiger partial charge on any atom is 0.124 e. The van der Waals surface area contributed by atoms with E-state index in [1.165, 1.54) is 5.56 Å². The summed E-state index contributed by atoms with van der Waals surface area (Å²) in [6.07, 6.45) is 0. The SMILES string of the molecule is Cc1ccc(C(=N)N)c(N2CC(C)C(C)C2)c1. The molecule has 1 aliphatic rings. The van der Waals surface area contributed by atoms with Crippen LogP contribution in [0.1, 0.15) is 25.0 Å². The van der Waals surface area contributed by atoms with Crippen LogP contribution >= 0.6 is 0 Å². The third-order valence-corrected chi connectivity index (χ3v) is 3.77. The van der Waals surface area contributed by atoms with Gasteiger partial charge < -0.3 is 10.6 Å². The number of benzene rings is 1. The Balaban J connectivity index is 2.37. The quantitative estimate of drug-likeness (QED) is 0.606. The lowest BCUT2D eigenvalue weighted by Crippen LogP contribution is -2.24.